The van der Waals surface area contributed by atoms with Crippen LogP contribution >= 0.6 is 11.6 Å². The Hall–Kier alpha value is -2.86. The van der Waals surface area contributed by atoms with Crippen molar-refractivity contribution < 1.29 is 4.79 Å². The molecule has 0 aliphatic rings. The maximum Gasteiger partial charge on any atom is 0.331 e. The van der Waals surface area contributed by atoms with Gasteiger partial charge in [-0.1, -0.05) is 29.8 Å². The highest BCUT2D eigenvalue weighted by molar-refractivity contribution is 6.33. The number of nitrogens with one attached hydrogen (secondary N) is 1. The largest absolute Gasteiger partial charge is 0.331 e. The number of rotatable bonds is 3. The summed E-state index contributed by atoms with van der Waals surface area (Å²) in [5.74, 6) is -0.406. The molecule has 0 atom stereocenters. The van der Waals surface area contributed by atoms with Gasteiger partial charge in [-0.05, 0) is 36.8 Å². The highest BCUT2D eigenvalue weighted by Gasteiger charge is 2.14. The van der Waals surface area contributed by atoms with E-state index in [1.165, 1.54) is 11.6 Å². The summed E-state index contributed by atoms with van der Waals surface area (Å²) in [7, 11) is 1.39. The van der Waals surface area contributed by atoms with Gasteiger partial charge in [0.05, 0.1) is 21.6 Å². The number of aromatic nitrogens is 2. The Balaban J connectivity index is 1.99. The molecule has 0 aliphatic carbocycles. The zero-order valence-corrected chi connectivity index (χ0v) is 14.5. The van der Waals surface area contributed by atoms with Crippen LogP contribution in [0.15, 0.2) is 52.1 Å². The van der Waals surface area contributed by atoms with Crippen LogP contribution in [0, 0.1) is 6.92 Å². The van der Waals surface area contributed by atoms with Gasteiger partial charge in [0.15, 0.2) is 0 Å². The van der Waals surface area contributed by atoms with E-state index in [1.54, 1.807) is 36.4 Å². The molecule has 3 aromatic rings. The lowest BCUT2D eigenvalue weighted by atomic mass is 10.2. The highest BCUT2D eigenvalue weighted by Crippen LogP contribution is 2.22. The summed E-state index contributed by atoms with van der Waals surface area (Å²) >= 11 is 6.12. The summed E-state index contributed by atoms with van der Waals surface area (Å²) in [5, 5.41) is 3.50. The molecule has 0 spiro atoms. The minimum Gasteiger partial charge on any atom is -0.323 e. The van der Waals surface area contributed by atoms with E-state index in [-0.39, 0.29) is 12.1 Å². The van der Waals surface area contributed by atoms with E-state index in [9.17, 15) is 14.4 Å². The fourth-order valence-corrected chi connectivity index (χ4v) is 2.93. The molecule has 0 fully saturated rings. The molecule has 0 aliphatic heterocycles. The first kappa shape index (κ1) is 17.0. The van der Waals surface area contributed by atoms with Crippen LogP contribution in [0.4, 0.5) is 5.69 Å². The first-order valence-corrected chi connectivity index (χ1v) is 8.01. The number of halogens is 1. The van der Waals surface area contributed by atoms with Gasteiger partial charge in [0.25, 0.3) is 5.56 Å². The van der Waals surface area contributed by atoms with Crippen LogP contribution in [0.5, 0.6) is 0 Å². The summed E-state index contributed by atoms with van der Waals surface area (Å²) in [6.45, 7) is 1.67. The minimum atomic E-state index is -0.547. The van der Waals surface area contributed by atoms with Crippen molar-refractivity contribution in [2.45, 2.75) is 13.5 Å². The molecular weight excluding hydrogens is 342 g/mol. The zero-order valence-electron chi connectivity index (χ0n) is 13.7. The van der Waals surface area contributed by atoms with E-state index < -0.39 is 11.6 Å². The highest BCUT2D eigenvalue weighted by atomic mass is 35.5. The Morgan fingerprint density at radius 1 is 1.16 bits per heavy atom. The standard InChI is InChI=1S/C18H16ClN3O3/c1-11-7-8-14(13(19)9-11)20-16(23)10-22-15-6-4-3-5-12(15)17(24)21(2)18(22)25/h3-9H,10H2,1-2H3,(H,20,23). The summed E-state index contributed by atoms with van der Waals surface area (Å²) in [6.07, 6.45) is 0. The number of carbonyl (C=O) groups excluding carboxylic acids is 1. The number of amides is 1. The van der Waals surface area contributed by atoms with E-state index in [4.69, 9.17) is 11.6 Å². The Bertz CT molecular complexity index is 1100. The van der Waals surface area contributed by atoms with Gasteiger partial charge < -0.3 is 5.32 Å². The van der Waals surface area contributed by atoms with Crippen molar-refractivity contribution in [1.29, 1.82) is 0 Å². The van der Waals surface area contributed by atoms with Crippen molar-refractivity contribution >= 4 is 34.1 Å². The first-order valence-electron chi connectivity index (χ1n) is 7.63. The molecule has 1 heterocycles. The number of hydrogen-bond donors (Lipinski definition) is 1. The Morgan fingerprint density at radius 2 is 1.88 bits per heavy atom. The summed E-state index contributed by atoms with van der Waals surface area (Å²) in [4.78, 5) is 37.0. The maximum absolute atomic E-state index is 12.4. The quantitative estimate of drug-likeness (QED) is 0.781. The summed E-state index contributed by atoms with van der Waals surface area (Å²) in [5.41, 5.74) is 0.927. The van der Waals surface area contributed by atoms with Gasteiger partial charge in [-0.15, -0.1) is 0 Å². The number of carbonyl (C=O) groups is 1. The lowest BCUT2D eigenvalue weighted by Gasteiger charge is -2.13. The van der Waals surface area contributed by atoms with Crippen LogP contribution in [0.2, 0.25) is 5.02 Å². The fraction of sp³-hybridized carbons (Fsp3) is 0.167. The van der Waals surface area contributed by atoms with E-state index >= 15 is 0 Å². The monoisotopic (exact) mass is 357 g/mol. The average molecular weight is 358 g/mol. The predicted octanol–water partition coefficient (Wildman–Crippen LogP) is 2.30. The van der Waals surface area contributed by atoms with Crippen molar-refractivity contribution in [2.24, 2.45) is 7.05 Å². The first-order chi connectivity index (χ1) is 11.9. The number of para-hydroxylation sites is 1. The van der Waals surface area contributed by atoms with Gasteiger partial charge in [-0.2, -0.15) is 0 Å². The van der Waals surface area contributed by atoms with E-state index in [0.29, 0.717) is 21.6 Å². The molecule has 0 unspecified atom stereocenters. The molecular formula is C18H16ClN3O3. The average Bonchev–Trinajstić information content (AvgIpc) is 2.59. The molecule has 1 amide bonds. The SMILES string of the molecule is Cc1ccc(NC(=O)Cn2c(=O)n(C)c(=O)c3ccccc32)c(Cl)c1. The van der Waals surface area contributed by atoms with Crippen molar-refractivity contribution in [3.63, 3.8) is 0 Å². The van der Waals surface area contributed by atoms with E-state index in [2.05, 4.69) is 5.32 Å². The molecule has 0 saturated carbocycles. The van der Waals surface area contributed by atoms with Gasteiger partial charge in [-0.3, -0.25) is 18.7 Å². The molecule has 1 N–H and O–H groups in total. The van der Waals surface area contributed by atoms with E-state index in [0.717, 1.165) is 10.1 Å². The number of fused-ring (bicyclic) bond motifs is 1. The third-order valence-electron chi connectivity index (χ3n) is 3.95. The van der Waals surface area contributed by atoms with Crippen LogP contribution < -0.4 is 16.6 Å². The summed E-state index contributed by atoms with van der Waals surface area (Å²) in [6, 6.07) is 12.0. The number of hydrogen-bond acceptors (Lipinski definition) is 3. The number of aryl methyl sites for hydroxylation is 1. The molecule has 25 heavy (non-hydrogen) atoms. The smallest absolute Gasteiger partial charge is 0.323 e. The molecule has 0 radical (unpaired) electrons. The molecule has 0 bridgehead atoms. The molecule has 128 valence electrons. The van der Waals surface area contributed by atoms with Crippen LogP contribution in [-0.4, -0.2) is 15.0 Å². The second-order valence-corrected chi connectivity index (χ2v) is 6.19. The Kier molecular flexibility index (Phi) is 4.46. The van der Waals surface area contributed by atoms with Crippen molar-refractivity contribution in [3.05, 3.63) is 73.9 Å². The fourth-order valence-electron chi connectivity index (χ4n) is 2.65. The molecule has 1 aromatic heterocycles. The number of benzene rings is 2. The normalized spacial score (nSPS) is 10.8. The van der Waals surface area contributed by atoms with E-state index in [1.807, 2.05) is 13.0 Å². The predicted molar refractivity (Wildman–Crippen MR) is 98.3 cm³/mol. The van der Waals surface area contributed by atoms with Gasteiger partial charge in [0, 0.05) is 7.05 Å². The molecule has 3 rings (SSSR count). The van der Waals surface area contributed by atoms with Gasteiger partial charge in [0.1, 0.15) is 6.54 Å². The lowest BCUT2D eigenvalue weighted by molar-refractivity contribution is -0.116. The van der Waals surface area contributed by atoms with Crippen LogP contribution in [0.3, 0.4) is 0 Å². The second-order valence-electron chi connectivity index (χ2n) is 5.78. The molecule has 6 nitrogen and oxygen atoms in total. The van der Waals surface area contributed by atoms with Crippen molar-refractivity contribution in [1.82, 2.24) is 9.13 Å². The minimum absolute atomic E-state index is 0.225. The van der Waals surface area contributed by atoms with Gasteiger partial charge in [-0.25, -0.2) is 4.79 Å². The van der Waals surface area contributed by atoms with Crippen LogP contribution in [-0.2, 0) is 18.4 Å². The maximum atomic E-state index is 12.4. The number of nitrogens with zero attached hydrogens (tertiary/aromatic N) is 2. The van der Waals surface area contributed by atoms with Crippen molar-refractivity contribution in [2.75, 3.05) is 5.32 Å². The van der Waals surface area contributed by atoms with Crippen molar-refractivity contribution in [3.8, 4) is 0 Å². The molecule has 2 aromatic carbocycles. The third kappa shape index (κ3) is 3.21. The van der Waals surface area contributed by atoms with Crippen LogP contribution in [0.25, 0.3) is 10.9 Å². The topological polar surface area (TPSA) is 73.1 Å². The molecule has 0 saturated heterocycles. The van der Waals surface area contributed by atoms with Gasteiger partial charge >= 0.3 is 5.69 Å². The Morgan fingerprint density at radius 3 is 2.60 bits per heavy atom. The number of anilines is 1. The summed E-state index contributed by atoms with van der Waals surface area (Å²) < 4.78 is 2.27. The Labute approximate surface area is 148 Å². The lowest BCUT2D eigenvalue weighted by Crippen LogP contribution is -2.40. The van der Waals surface area contributed by atoms with Crippen LogP contribution in [0.1, 0.15) is 5.56 Å². The third-order valence-corrected chi connectivity index (χ3v) is 4.26. The molecule has 7 heteroatoms. The zero-order chi connectivity index (χ0) is 18.1. The second kappa shape index (κ2) is 6.57. The van der Waals surface area contributed by atoms with Gasteiger partial charge in [0.2, 0.25) is 5.91 Å².